The first-order chi connectivity index (χ1) is 3.12. The van der Waals surface area contributed by atoms with E-state index in [9.17, 15) is 0 Å². The largest absolute Gasteiger partial charge is 0.327 e. The maximum atomic E-state index is 7.09. The van der Waals surface area contributed by atoms with Gasteiger partial charge in [0.25, 0.3) is 0 Å². The standard InChI is InChI=1S/C3H10NO2P/c1-5-7(3,4)6-2/h4H,1-3H3. The number of rotatable bonds is 2. The van der Waals surface area contributed by atoms with Crippen LogP contribution in [-0.4, -0.2) is 20.9 Å². The molecule has 0 aliphatic rings. The molecule has 0 saturated carbocycles. The van der Waals surface area contributed by atoms with Gasteiger partial charge in [-0.15, -0.1) is 0 Å². The number of hydrogen-bond acceptors (Lipinski definition) is 3. The summed E-state index contributed by atoms with van der Waals surface area (Å²) in [4.78, 5) is 0. The molecule has 0 aromatic carbocycles. The second-order valence-corrected chi connectivity index (χ2v) is 3.63. The minimum absolute atomic E-state index is 1.48. The lowest BCUT2D eigenvalue weighted by Gasteiger charge is -2.09. The van der Waals surface area contributed by atoms with Gasteiger partial charge in [0, 0.05) is 20.9 Å². The van der Waals surface area contributed by atoms with E-state index in [-0.39, 0.29) is 0 Å². The summed E-state index contributed by atoms with van der Waals surface area (Å²) in [6.07, 6.45) is 0. The van der Waals surface area contributed by atoms with E-state index in [1.807, 2.05) is 0 Å². The highest BCUT2D eigenvalue weighted by Crippen LogP contribution is 2.41. The van der Waals surface area contributed by atoms with Crippen molar-refractivity contribution in [2.75, 3.05) is 20.9 Å². The van der Waals surface area contributed by atoms with Crippen LogP contribution in [0.15, 0.2) is 0 Å². The summed E-state index contributed by atoms with van der Waals surface area (Å²) in [5.41, 5.74) is 0. The fourth-order valence-corrected chi connectivity index (χ4v) is 0.224. The second kappa shape index (κ2) is 2.46. The third-order valence-electron chi connectivity index (χ3n) is 0.697. The summed E-state index contributed by atoms with van der Waals surface area (Å²) in [5.74, 6) is 0. The smallest absolute Gasteiger partial charge is 0.206 e. The molecule has 0 radical (unpaired) electrons. The average molecular weight is 123 g/mol. The third-order valence-corrected chi connectivity index (χ3v) is 2.09. The van der Waals surface area contributed by atoms with Crippen LogP contribution in [0.25, 0.3) is 0 Å². The van der Waals surface area contributed by atoms with Gasteiger partial charge >= 0.3 is 0 Å². The fraction of sp³-hybridized carbons (Fsp3) is 1.00. The van der Waals surface area contributed by atoms with Crippen LogP contribution in [0, 0.1) is 5.16 Å². The van der Waals surface area contributed by atoms with Crippen molar-refractivity contribution in [3.05, 3.63) is 0 Å². The van der Waals surface area contributed by atoms with Crippen molar-refractivity contribution in [2.45, 2.75) is 0 Å². The van der Waals surface area contributed by atoms with Gasteiger partial charge in [0.1, 0.15) is 0 Å². The van der Waals surface area contributed by atoms with E-state index in [1.165, 1.54) is 14.2 Å². The van der Waals surface area contributed by atoms with E-state index in [0.29, 0.717) is 0 Å². The minimum Gasteiger partial charge on any atom is -0.327 e. The molecule has 0 atom stereocenters. The van der Waals surface area contributed by atoms with Crippen molar-refractivity contribution in [1.29, 1.82) is 5.16 Å². The van der Waals surface area contributed by atoms with Gasteiger partial charge in [-0.2, -0.15) is 0 Å². The maximum absolute atomic E-state index is 7.09. The Morgan fingerprint density at radius 1 is 1.29 bits per heavy atom. The molecule has 0 fully saturated rings. The summed E-state index contributed by atoms with van der Waals surface area (Å²) >= 11 is 0. The van der Waals surface area contributed by atoms with Crippen molar-refractivity contribution in [1.82, 2.24) is 0 Å². The van der Waals surface area contributed by atoms with Crippen LogP contribution in [0.4, 0.5) is 0 Å². The highest BCUT2D eigenvalue weighted by Gasteiger charge is 2.02. The van der Waals surface area contributed by atoms with Gasteiger partial charge in [0.15, 0.2) is 0 Å². The van der Waals surface area contributed by atoms with E-state index in [0.717, 1.165) is 0 Å². The quantitative estimate of drug-likeness (QED) is 0.565. The van der Waals surface area contributed by atoms with Gasteiger partial charge in [0.2, 0.25) is 7.51 Å². The molecule has 0 bridgehead atoms. The van der Waals surface area contributed by atoms with Gasteiger partial charge in [-0.3, -0.25) is 5.16 Å². The van der Waals surface area contributed by atoms with Gasteiger partial charge < -0.3 is 9.05 Å². The van der Waals surface area contributed by atoms with Gasteiger partial charge in [0.05, 0.1) is 0 Å². The molecule has 0 aromatic heterocycles. The topological polar surface area (TPSA) is 42.3 Å². The predicted molar refractivity (Wildman–Crippen MR) is 29.6 cm³/mol. The summed E-state index contributed by atoms with van der Waals surface area (Å²) in [5, 5.41) is 7.09. The molecule has 4 heteroatoms. The van der Waals surface area contributed by atoms with Gasteiger partial charge in [-0.25, -0.2) is 0 Å². The molecule has 3 nitrogen and oxygen atoms in total. The van der Waals surface area contributed by atoms with E-state index in [1.54, 1.807) is 6.66 Å². The van der Waals surface area contributed by atoms with Crippen molar-refractivity contribution >= 4 is 7.51 Å². The molecule has 0 amide bonds. The Morgan fingerprint density at radius 2 is 1.57 bits per heavy atom. The summed E-state index contributed by atoms with van der Waals surface area (Å²) in [7, 11) is 0.799. The van der Waals surface area contributed by atoms with Crippen LogP contribution in [0.1, 0.15) is 0 Å². The Labute approximate surface area is 43.6 Å². The molecular weight excluding hydrogens is 113 g/mol. The predicted octanol–water partition coefficient (Wildman–Crippen LogP) is 1.52. The maximum Gasteiger partial charge on any atom is 0.206 e. The molecule has 0 unspecified atom stereocenters. The van der Waals surface area contributed by atoms with Gasteiger partial charge in [-0.1, -0.05) is 0 Å². The monoisotopic (exact) mass is 123 g/mol. The first-order valence-corrected chi connectivity index (χ1v) is 3.92. The zero-order valence-electron chi connectivity index (χ0n) is 4.76. The van der Waals surface area contributed by atoms with Crippen LogP contribution >= 0.6 is 7.51 Å². The molecule has 0 saturated heterocycles. The molecule has 0 spiro atoms. The molecule has 0 aromatic rings. The highest BCUT2D eigenvalue weighted by molar-refractivity contribution is 7.54. The van der Waals surface area contributed by atoms with Crippen LogP contribution in [-0.2, 0) is 9.05 Å². The lowest BCUT2D eigenvalue weighted by atomic mass is 11.8. The van der Waals surface area contributed by atoms with Crippen molar-refractivity contribution in [2.24, 2.45) is 0 Å². The van der Waals surface area contributed by atoms with Crippen molar-refractivity contribution in [3.8, 4) is 0 Å². The van der Waals surface area contributed by atoms with Crippen molar-refractivity contribution in [3.63, 3.8) is 0 Å². The van der Waals surface area contributed by atoms with Crippen molar-refractivity contribution < 1.29 is 9.05 Å². The van der Waals surface area contributed by atoms with E-state index in [4.69, 9.17) is 5.16 Å². The first kappa shape index (κ1) is 7.15. The third kappa shape index (κ3) is 2.80. The van der Waals surface area contributed by atoms with Crippen LogP contribution in [0.5, 0.6) is 0 Å². The molecule has 0 aliphatic carbocycles. The summed E-state index contributed by atoms with van der Waals surface area (Å²) in [6, 6.07) is 0. The fourth-order valence-electron chi connectivity index (χ4n) is 0.0745. The Hall–Kier alpha value is 0.150. The molecule has 0 heterocycles. The zero-order valence-corrected chi connectivity index (χ0v) is 5.66. The van der Waals surface area contributed by atoms with Gasteiger partial charge in [-0.05, 0) is 0 Å². The zero-order chi connectivity index (χ0) is 5.91. The van der Waals surface area contributed by atoms with Crippen LogP contribution in [0.2, 0.25) is 0 Å². The molecule has 1 N–H and O–H groups in total. The van der Waals surface area contributed by atoms with E-state index >= 15 is 0 Å². The molecular formula is C3H10NO2P. The highest BCUT2D eigenvalue weighted by atomic mass is 31.2. The number of nitrogens with one attached hydrogen (secondary N) is 1. The lowest BCUT2D eigenvalue weighted by Crippen LogP contribution is -1.81. The number of hydrogen-bond donors (Lipinski definition) is 1. The Kier molecular flexibility index (Phi) is 2.51. The summed E-state index contributed by atoms with van der Waals surface area (Å²) < 4.78 is 9.28. The minimum atomic E-state index is -2.15. The second-order valence-electron chi connectivity index (χ2n) is 1.21. The normalized spacial score (nSPS) is 11.9. The van der Waals surface area contributed by atoms with E-state index in [2.05, 4.69) is 9.05 Å². The SMILES string of the molecule is COP(C)(=N)OC. The molecule has 0 aliphatic heterocycles. The Morgan fingerprint density at radius 3 is 1.57 bits per heavy atom. The first-order valence-electron chi connectivity index (χ1n) is 1.85. The summed E-state index contributed by atoms with van der Waals surface area (Å²) in [6.45, 7) is 1.63. The Balaban J connectivity index is 3.61. The average Bonchev–Trinajstić information content (AvgIpc) is 1.68. The molecule has 0 rings (SSSR count). The molecule has 44 valence electrons. The van der Waals surface area contributed by atoms with Crippen LogP contribution in [0.3, 0.4) is 0 Å². The lowest BCUT2D eigenvalue weighted by molar-refractivity contribution is 0.330. The molecule has 7 heavy (non-hydrogen) atoms. The Bertz CT molecular complexity index is 84.9. The van der Waals surface area contributed by atoms with E-state index < -0.39 is 7.51 Å². The van der Waals surface area contributed by atoms with Crippen LogP contribution < -0.4 is 0 Å².